The molecule has 2 rings (SSSR count). The minimum Gasteiger partial charge on any atom is -0.335 e. The van der Waals surface area contributed by atoms with Crippen molar-refractivity contribution in [3.63, 3.8) is 0 Å². The highest BCUT2D eigenvalue weighted by molar-refractivity contribution is 9.10. The lowest BCUT2D eigenvalue weighted by atomic mass is 10.0. The summed E-state index contributed by atoms with van der Waals surface area (Å²) < 4.78 is 0.851. The van der Waals surface area contributed by atoms with Crippen molar-refractivity contribution in [1.29, 1.82) is 0 Å². The molecule has 17 heavy (non-hydrogen) atoms. The number of hydrogen-bond acceptors (Lipinski definition) is 2. The van der Waals surface area contributed by atoms with Gasteiger partial charge < -0.3 is 4.90 Å². The summed E-state index contributed by atoms with van der Waals surface area (Å²) in [6.07, 6.45) is 5.56. The predicted octanol–water partition coefficient (Wildman–Crippen LogP) is 3.10. The Labute approximate surface area is 110 Å². The van der Waals surface area contributed by atoms with Crippen LogP contribution in [0.1, 0.15) is 37.0 Å². The van der Waals surface area contributed by atoms with E-state index in [4.69, 9.17) is 0 Å². The molecule has 0 bridgehead atoms. The number of carbonyl (C=O) groups is 1. The van der Waals surface area contributed by atoms with E-state index in [0.717, 1.165) is 23.9 Å². The van der Waals surface area contributed by atoms with Gasteiger partial charge in [-0.25, -0.2) is 0 Å². The van der Waals surface area contributed by atoms with E-state index >= 15 is 0 Å². The third-order valence-corrected chi connectivity index (χ3v) is 3.72. The molecular formula is C13H17BrN2O. The maximum absolute atomic E-state index is 12.4. The maximum atomic E-state index is 12.4. The lowest BCUT2D eigenvalue weighted by Crippen LogP contribution is -2.38. The summed E-state index contributed by atoms with van der Waals surface area (Å²) in [6.45, 7) is 5.22. The van der Waals surface area contributed by atoms with Crippen LogP contribution in [0, 0.1) is 5.92 Å². The lowest BCUT2D eigenvalue weighted by Gasteiger charge is -2.27. The highest BCUT2D eigenvalue weighted by Gasteiger charge is 2.31. The lowest BCUT2D eigenvalue weighted by molar-refractivity contribution is 0.0701. The first-order chi connectivity index (χ1) is 8.09. The van der Waals surface area contributed by atoms with Crippen LogP contribution >= 0.6 is 15.9 Å². The number of carbonyl (C=O) groups excluding carboxylic acids is 1. The van der Waals surface area contributed by atoms with E-state index < -0.39 is 0 Å². The summed E-state index contributed by atoms with van der Waals surface area (Å²) in [4.78, 5) is 18.4. The SMILES string of the molecule is CC(C)C1CCCN1C(=O)c1cncc(Br)c1. The van der Waals surface area contributed by atoms with Crippen LogP contribution < -0.4 is 0 Å². The first-order valence-corrected chi connectivity index (χ1v) is 6.80. The molecule has 1 unspecified atom stereocenters. The van der Waals surface area contributed by atoms with Crippen molar-refractivity contribution in [2.24, 2.45) is 5.92 Å². The van der Waals surface area contributed by atoms with E-state index in [0.29, 0.717) is 17.5 Å². The normalized spacial score (nSPS) is 20.0. The predicted molar refractivity (Wildman–Crippen MR) is 70.8 cm³/mol. The Morgan fingerprint density at radius 3 is 2.94 bits per heavy atom. The molecular weight excluding hydrogens is 280 g/mol. The second-order valence-corrected chi connectivity index (χ2v) is 5.76. The number of halogens is 1. The Kier molecular flexibility index (Phi) is 3.82. The van der Waals surface area contributed by atoms with Crippen LogP contribution in [-0.4, -0.2) is 28.4 Å². The largest absolute Gasteiger partial charge is 0.335 e. The molecule has 1 fully saturated rings. The van der Waals surface area contributed by atoms with Gasteiger partial charge in [-0.2, -0.15) is 0 Å². The van der Waals surface area contributed by atoms with E-state index in [2.05, 4.69) is 34.8 Å². The Morgan fingerprint density at radius 1 is 1.53 bits per heavy atom. The summed E-state index contributed by atoms with van der Waals surface area (Å²) in [7, 11) is 0. The fourth-order valence-electron chi connectivity index (χ4n) is 2.43. The number of pyridine rings is 1. The minimum atomic E-state index is 0.106. The molecule has 0 aliphatic carbocycles. The molecule has 1 aliphatic rings. The Bertz CT molecular complexity index is 420. The van der Waals surface area contributed by atoms with Crippen LogP contribution in [0.5, 0.6) is 0 Å². The average Bonchev–Trinajstić information content (AvgIpc) is 2.77. The Hall–Kier alpha value is -0.900. The van der Waals surface area contributed by atoms with Crippen LogP contribution in [0.15, 0.2) is 22.9 Å². The first kappa shape index (κ1) is 12.6. The van der Waals surface area contributed by atoms with Gasteiger partial charge in [-0.3, -0.25) is 9.78 Å². The van der Waals surface area contributed by atoms with Crippen molar-refractivity contribution in [2.75, 3.05) is 6.54 Å². The van der Waals surface area contributed by atoms with Crippen molar-refractivity contribution < 1.29 is 4.79 Å². The van der Waals surface area contributed by atoms with E-state index in [-0.39, 0.29) is 5.91 Å². The van der Waals surface area contributed by atoms with Crippen molar-refractivity contribution in [2.45, 2.75) is 32.7 Å². The number of amides is 1. The first-order valence-electron chi connectivity index (χ1n) is 6.01. The molecule has 1 saturated heterocycles. The minimum absolute atomic E-state index is 0.106. The standard InChI is InChI=1S/C13H17BrN2O/c1-9(2)12-4-3-5-16(12)13(17)10-6-11(14)8-15-7-10/h6-9,12H,3-5H2,1-2H3. The molecule has 1 aliphatic heterocycles. The zero-order valence-electron chi connectivity index (χ0n) is 10.2. The summed E-state index contributed by atoms with van der Waals surface area (Å²) >= 11 is 3.35. The highest BCUT2D eigenvalue weighted by Crippen LogP contribution is 2.25. The van der Waals surface area contributed by atoms with E-state index in [1.807, 2.05) is 11.0 Å². The van der Waals surface area contributed by atoms with Crippen LogP contribution in [0.4, 0.5) is 0 Å². The molecule has 4 heteroatoms. The van der Waals surface area contributed by atoms with Crippen LogP contribution in [0.25, 0.3) is 0 Å². The average molecular weight is 297 g/mol. The molecule has 1 amide bonds. The molecule has 1 aromatic heterocycles. The second-order valence-electron chi connectivity index (χ2n) is 4.84. The molecule has 1 aromatic rings. The van der Waals surface area contributed by atoms with Gasteiger partial charge in [0.2, 0.25) is 0 Å². The van der Waals surface area contributed by atoms with Crippen molar-refractivity contribution >= 4 is 21.8 Å². The smallest absolute Gasteiger partial charge is 0.255 e. The third kappa shape index (κ3) is 2.68. The van der Waals surface area contributed by atoms with E-state index in [1.54, 1.807) is 12.4 Å². The third-order valence-electron chi connectivity index (χ3n) is 3.28. The number of likely N-dealkylation sites (tertiary alicyclic amines) is 1. The van der Waals surface area contributed by atoms with Crippen LogP contribution in [-0.2, 0) is 0 Å². The van der Waals surface area contributed by atoms with E-state index in [9.17, 15) is 4.79 Å². The molecule has 92 valence electrons. The fraction of sp³-hybridized carbons (Fsp3) is 0.538. The van der Waals surface area contributed by atoms with Gasteiger partial charge in [0.15, 0.2) is 0 Å². The monoisotopic (exact) mass is 296 g/mol. The fourth-order valence-corrected chi connectivity index (χ4v) is 2.80. The van der Waals surface area contributed by atoms with Gasteiger partial charge in [0.1, 0.15) is 0 Å². The van der Waals surface area contributed by atoms with Gasteiger partial charge in [0.25, 0.3) is 5.91 Å². The van der Waals surface area contributed by atoms with Gasteiger partial charge in [-0.1, -0.05) is 13.8 Å². The molecule has 0 aromatic carbocycles. The summed E-state index contributed by atoms with van der Waals surface area (Å²) in [5, 5.41) is 0. The quantitative estimate of drug-likeness (QED) is 0.840. The number of aromatic nitrogens is 1. The topological polar surface area (TPSA) is 33.2 Å². The molecule has 3 nitrogen and oxygen atoms in total. The summed E-state index contributed by atoms with van der Waals surface area (Å²) in [5.41, 5.74) is 0.673. The zero-order chi connectivity index (χ0) is 12.4. The maximum Gasteiger partial charge on any atom is 0.255 e. The number of hydrogen-bond donors (Lipinski definition) is 0. The Balaban J connectivity index is 2.20. The number of rotatable bonds is 2. The van der Waals surface area contributed by atoms with Crippen molar-refractivity contribution in [1.82, 2.24) is 9.88 Å². The highest BCUT2D eigenvalue weighted by atomic mass is 79.9. The van der Waals surface area contributed by atoms with Crippen molar-refractivity contribution in [3.05, 3.63) is 28.5 Å². The molecule has 2 heterocycles. The molecule has 0 radical (unpaired) electrons. The summed E-state index contributed by atoms with van der Waals surface area (Å²) in [6, 6.07) is 2.21. The molecule has 0 spiro atoms. The zero-order valence-corrected chi connectivity index (χ0v) is 11.8. The Morgan fingerprint density at radius 2 is 2.29 bits per heavy atom. The van der Waals surface area contributed by atoms with Gasteiger partial charge in [-0.15, -0.1) is 0 Å². The molecule has 0 saturated carbocycles. The van der Waals surface area contributed by atoms with Gasteiger partial charge in [-0.05, 0) is 40.8 Å². The molecule has 0 N–H and O–H groups in total. The second kappa shape index (κ2) is 5.17. The van der Waals surface area contributed by atoms with Gasteiger partial charge >= 0.3 is 0 Å². The van der Waals surface area contributed by atoms with Crippen LogP contribution in [0.2, 0.25) is 0 Å². The van der Waals surface area contributed by atoms with Gasteiger partial charge in [0, 0.05) is 29.5 Å². The summed E-state index contributed by atoms with van der Waals surface area (Å²) in [5.74, 6) is 0.622. The van der Waals surface area contributed by atoms with Crippen LogP contribution in [0.3, 0.4) is 0 Å². The molecule has 1 atom stereocenters. The number of nitrogens with zero attached hydrogens (tertiary/aromatic N) is 2. The van der Waals surface area contributed by atoms with E-state index in [1.165, 1.54) is 0 Å². The van der Waals surface area contributed by atoms with Gasteiger partial charge in [0.05, 0.1) is 5.56 Å². The van der Waals surface area contributed by atoms with Crippen molar-refractivity contribution in [3.8, 4) is 0 Å².